The molecular formula is C12H13FO. The minimum atomic E-state index is -0.309. The molecule has 0 atom stereocenters. The number of benzene rings is 1. The van der Waals surface area contributed by atoms with Gasteiger partial charge in [0.1, 0.15) is 5.82 Å². The minimum Gasteiger partial charge on any atom is -0.289 e. The quantitative estimate of drug-likeness (QED) is 0.519. The summed E-state index contributed by atoms with van der Waals surface area (Å²) in [5.41, 5.74) is 2.18. The van der Waals surface area contributed by atoms with E-state index in [0.29, 0.717) is 11.1 Å². The van der Waals surface area contributed by atoms with Crippen LogP contribution in [0.15, 0.2) is 29.8 Å². The van der Waals surface area contributed by atoms with Crippen LogP contribution < -0.4 is 0 Å². The molecule has 0 spiro atoms. The van der Waals surface area contributed by atoms with Gasteiger partial charge in [-0.15, -0.1) is 0 Å². The van der Waals surface area contributed by atoms with Crippen LogP contribution in [0.25, 0.3) is 0 Å². The lowest BCUT2D eigenvalue weighted by Gasteiger charge is -2.01. The van der Waals surface area contributed by atoms with E-state index in [0.717, 1.165) is 5.57 Å². The summed E-state index contributed by atoms with van der Waals surface area (Å²) in [6.07, 6.45) is 1.56. The number of carbonyl (C=O) groups is 1. The van der Waals surface area contributed by atoms with E-state index in [1.807, 2.05) is 13.8 Å². The number of hydrogen-bond donors (Lipinski definition) is 0. The van der Waals surface area contributed by atoms with Crippen molar-refractivity contribution in [3.8, 4) is 0 Å². The first kappa shape index (κ1) is 10.6. The van der Waals surface area contributed by atoms with E-state index in [-0.39, 0.29) is 11.6 Å². The third kappa shape index (κ3) is 2.52. The molecule has 0 bridgehead atoms. The summed E-state index contributed by atoms with van der Waals surface area (Å²) in [5, 5.41) is 0. The van der Waals surface area contributed by atoms with Crippen LogP contribution >= 0.6 is 0 Å². The van der Waals surface area contributed by atoms with Crippen molar-refractivity contribution in [3.05, 3.63) is 46.8 Å². The van der Waals surface area contributed by atoms with Gasteiger partial charge in [-0.05, 0) is 50.6 Å². The molecule has 0 aromatic heterocycles. The number of allylic oxidation sites excluding steroid dienone is 2. The Morgan fingerprint density at radius 2 is 2.00 bits per heavy atom. The summed E-state index contributed by atoms with van der Waals surface area (Å²) in [5.74, 6) is -0.376. The van der Waals surface area contributed by atoms with Gasteiger partial charge in [0, 0.05) is 5.56 Å². The van der Waals surface area contributed by atoms with Gasteiger partial charge < -0.3 is 0 Å². The first-order valence-corrected chi connectivity index (χ1v) is 4.46. The van der Waals surface area contributed by atoms with Gasteiger partial charge in [-0.2, -0.15) is 0 Å². The highest BCUT2D eigenvalue weighted by Gasteiger charge is 2.06. The molecule has 0 unspecified atom stereocenters. The Hall–Kier alpha value is -1.44. The molecule has 74 valence electrons. The normalized spacial score (nSPS) is 9.71. The Labute approximate surface area is 83.3 Å². The molecule has 0 amide bonds. The van der Waals surface area contributed by atoms with E-state index in [2.05, 4.69) is 0 Å². The maximum absolute atomic E-state index is 12.7. The van der Waals surface area contributed by atoms with Gasteiger partial charge in [-0.25, -0.2) is 4.39 Å². The molecule has 0 N–H and O–H groups in total. The maximum Gasteiger partial charge on any atom is 0.186 e. The second-order valence-electron chi connectivity index (χ2n) is 3.55. The van der Waals surface area contributed by atoms with Gasteiger partial charge in [0.2, 0.25) is 0 Å². The molecule has 1 rings (SSSR count). The molecule has 0 fully saturated rings. The van der Waals surface area contributed by atoms with Crippen LogP contribution in [0.4, 0.5) is 4.39 Å². The standard InChI is InChI=1S/C12H13FO/c1-8(2)6-12(14)11-5-4-10(13)7-9(11)3/h4-7H,1-3H3. The van der Waals surface area contributed by atoms with Gasteiger partial charge >= 0.3 is 0 Å². The molecular weight excluding hydrogens is 179 g/mol. The first-order chi connectivity index (χ1) is 6.50. The fraction of sp³-hybridized carbons (Fsp3) is 0.250. The Balaban J connectivity index is 3.08. The number of carbonyl (C=O) groups excluding carboxylic acids is 1. The molecule has 0 saturated carbocycles. The molecule has 0 aliphatic carbocycles. The molecule has 14 heavy (non-hydrogen) atoms. The minimum absolute atomic E-state index is 0.0671. The zero-order chi connectivity index (χ0) is 10.7. The predicted molar refractivity (Wildman–Crippen MR) is 54.9 cm³/mol. The molecule has 2 heteroatoms. The van der Waals surface area contributed by atoms with Crippen molar-refractivity contribution < 1.29 is 9.18 Å². The zero-order valence-corrected chi connectivity index (χ0v) is 8.60. The van der Waals surface area contributed by atoms with E-state index in [9.17, 15) is 9.18 Å². The largest absolute Gasteiger partial charge is 0.289 e. The summed E-state index contributed by atoms with van der Waals surface area (Å²) in [6.45, 7) is 5.45. The van der Waals surface area contributed by atoms with Crippen molar-refractivity contribution in [1.29, 1.82) is 0 Å². The topological polar surface area (TPSA) is 17.1 Å². The third-order valence-electron chi connectivity index (χ3n) is 1.87. The van der Waals surface area contributed by atoms with E-state index in [1.54, 1.807) is 13.0 Å². The van der Waals surface area contributed by atoms with Crippen molar-refractivity contribution in [2.24, 2.45) is 0 Å². The van der Waals surface area contributed by atoms with Crippen LogP contribution in [0.2, 0.25) is 0 Å². The zero-order valence-electron chi connectivity index (χ0n) is 8.60. The monoisotopic (exact) mass is 192 g/mol. The maximum atomic E-state index is 12.7. The second kappa shape index (κ2) is 4.18. The summed E-state index contributed by atoms with van der Waals surface area (Å²) < 4.78 is 12.7. The van der Waals surface area contributed by atoms with Crippen molar-refractivity contribution in [1.82, 2.24) is 0 Å². The lowest BCUT2D eigenvalue weighted by molar-refractivity contribution is 0.104. The van der Waals surface area contributed by atoms with E-state index in [1.165, 1.54) is 18.2 Å². The SMILES string of the molecule is CC(C)=CC(=O)c1ccc(F)cc1C. The van der Waals surface area contributed by atoms with Gasteiger partial charge in [0.25, 0.3) is 0 Å². The van der Waals surface area contributed by atoms with Gasteiger partial charge in [-0.1, -0.05) is 5.57 Å². The average Bonchev–Trinajstić information content (AvgIpc) is 2.01. The predicted octanol–water partition coefficient (Wildman–Crippen LogP) is 3.28. The van der Waals surface area contributed by atoms with Crippen LogP contribution in [-0.2, 0) is 0 Å². The highest BCUT2D eigenvalue weighted by atomic mass is 19.1. The number of halogens is 1. The number of hydrogen-bond acceptors (Lipinski definition) is 1. The summed E-state index contributed by atoms with van der Waals surface area (Å²) in [6, 6.07) is 4.19. The smallest absolute Gasteiger partial charge is 0.186 e. The van der Waals surface area contributed by atoms with Crippen LogP contribution in [-0.4, -0.2) is 5.78 Å². The summed E-state index contributed by atoms with van der Waals surface area (Å²) >= 11 is 0. The first-order valence-electron chi connectivity index (χ1n) is 4.46. The Morgan fingerprint density at radius 1 is 1.36 bits per heavy atom. The Kier molecular flexibility index (Phi) is 3.18. The lowest BCUT2D eigenvalue weighted by atomic mass is 10.0. The van der Waals surface area contributed by atoms with E-state index in [4.69, 9.17) is 0 Å². The highest BCUT2D eigenvalue weighted by molar-refractivity contribution is 6.05. The van der Waals surface area contributed by atoms with E-state index >= 15 is 0 Å². The summed E-state index contributed by atoms with van der Waals surface area (Å²) in [7, 11) is 0. The van der Waals surface area contributed by atoms with Crippen molar-refractivity contribution in [2.45, 2.75) is 20.8 Å². The third-order valence-corrected chi connectivity index (χ3v) is 1.87. The fourth-order valence-corrected chi connectivity index (χ4v) is 1.24. The second-order valence-corrected chi connectivity index (χ2v) is 3.55. The molecule has 1 nitrogen and oxygen atoms in total. The van der Waals surface area contributed by atoms with Crippen molar-refractivity contribution >= 4 is 5.78 Å². The average molecular weight is 192 g/mol. The number of ketones is 1. The highest BCUT2D eigenvalue weighted by Crippen LogP contribution is 2.12. The van der Waals surface area contributed by atoms with Crippen LogP contribution in [0, 0.1) is 12.7 Å². The van der Waals surface area contributed by atoms with Crippen molar-refractivity contribution in [3.63, 3.8) is 0 Å². The molecule has 0 aliphatic rings. The lowest BCUT2D eigenvalue weighted by Crippen LogP contribution is -1.98. The molecule has 0 saturated heterocycles. The van der Waals surface area contributed by atoms with Crippen LogP contribution in [0.1, 0.15) is 29.8 Å². The molecule has 0 radical (unpaired) electrons. The summed E-state index contributed by atoms with van der Waals surface area (Å²) in [4.78, 5) is 11.6. The van der Waals surface area contributed by atoms with E-state index < -0.39 is 0 Å². The van der Waals surface area contributed by atoms with Gasteiger partial charge in [0.05, 0.1) is 0 Å². The molecule has 1 aromatic rings. The fourth-order valence-electron chi connectivity index (χ4n) is 1.24. The number of rotatable bonds is 2. The van der Waals surface area contributed by atoms with Gasteiger partial charge in [0.15, 0.2) is 5.78 Å². The van der Waals surface area contributed by atoms with Crippen molar-refractivity contribution in [2.75, 3.05) is 0 Å². The number of aryl methyl sites for hydroxylation is 1. The van der Waals surface area contributed by atoms with Crippen LogP contribution in [0.5, 0.6) is 0 Å². The Morgan fingerprint density at radius 3 is 2.50 bits per heavy atom. The molecule has 0 heterocycles. The van der Waals surface area contributed by atoms with Gasteiger partial charge in [-0.3, -0.25) is 4.79 Å². The van der Waals surface area contributed by atoms with Crippen LogP contribution in [0.3, 0.4) is 0 Å². The molecule has 1 aromatic carbocycles. The Bertz CT molecular complexity index is 387. The molecule has 0 aliphatic heterocycles.